The van der Waals surface area contributed by atoms with E-state index in [1.807, 2.05) is 31.2 Å². The van der Waals surface area contributed by atoms with Gasteiger partial charge in [-0.25, -0.2) is 9.59 Å². The number of aromatic amines is 2. The van der Waals surface area contributed by atoms with Crippen LogP contribution in [0.5, 0.6) is 0 Å². The fraction of sp³-hybridized carbons (Fsp3) is 0.545. The fourth-order valence-corrected chi connectivity index (χ4v) is 7.59. The Kier molecular flexibility index (Phi) is 16.5. The zero-order valence-corrected chi connectivity index (χ0v) is 33.9. The number of hydrogen-bond acceptors (Lipinski definition) is 7. The van der Waals surface area contributed by atoms with Gasteiger partial charge in [-0.3, -0.25) is 10.6 Å². The molecule has 55 heavy (non-hydrogen) atoms. The number of aryl methyl sites for hydroxylation is 1. The van der Waals surface area contributed by atoms with E-state index in [1.165, 1.54) is 72.2 Å². The van der Waals surface area contributed by atoms with E-state index >= 15 is 0 Å². The van der Waals surface area contributed by atoms with Crippen molar-refractivity contribution in [2.45, 2.75) is 91.4 Å². The number of rotatable bonds is 16. The minimum Gasteiger partial charge on any atom is -0.449 e. The average Bonchev–Trinajstić information content (AvgIpc) is 3.77. The first kappa shape index (κ1) is 41.8. The molecule has 2 aliphatic rings. The number of piperidine rings is 1. The molecule has 11 nitrogen and oxygen atoms in total. The quantitative estimate of drug-likeness (QED) is 0.0840. The Morgan fingerprint density at radius 2 is 1.51 bits per heavy atom. The van der Waals surface area contributed by atoms with Gasteiger partial charge in [-0.2, -0.15) is 0 Å². The van der Waals surface area contributed by atoms with Gasteiger partial charge in [-0.1, -0.05) is 39.7 Å². The van der Waals surface area contributed by atoms with Crippen molar-refractivity contribution in [1.29, 1.82) is 0 Å². The minimum atomic E-state index is -0.434. The number of H-pyrrole nitrogens is 2. The molecule has 300 valence electrons. The molecule has 1 fully saturated rings. The maximum atomic E-state index is 12.1. The summed E-state index contributed by atoms with van der Waals surface area (Å²) in [6.45, 7) is 16.2. The van der Waals surface area contributed by atoms with E-state index in [9.17, 15) is 9.59 Å². The topological polar surface area (TPSA) is 124 Å². The zero-order valence-electron chi connectivity index (χ0n) is 33.9. The number of anilines is 2. The monoisotopic (exact) mass is 756 g/mol. The molecule has 0 saturated carbocycles. The van der Waals surface area contributed by atoms with Crippen LogP contribution in [0.1, 0.15) is 102 Å². The van der Waals surface area contributed by atoms with E-state index in [0.29, 0.717) is 38.8 Å². The Hall–Kier alpha value is -4.32. The summed E-state index contributed by atoms with van der Waals surface area (Å²) in [7, 11) is 2.13. The third-order valence-corrected chi connectivity index (χ3v) is 10.5. The number of amides is 2. The molecule has 2 aromatic heterocycles. The largest absolute Gasteiger partial charge is 0.449 e. The van der Waals surface area contributed by atoms with E-state index in [1.54, 1.807) is 0 Å². The van der Waals surface area contributed by atoms with E-state index in [0.717, 1.165) is 67.5 Å². The third kappa shape index (κ3) is 12.1. The number of hydrogen-bond donors (Lipinski definition) is 4. The second-order valence-electron chi connectivity index (χ2n) is 14.8. The fourth-order valence-electron chi connectivity index (χ4n) is 7.59. The normalized spacial score (nSPS) is 15.4. The lowest BCUT2D eigenvalue weighted by Crippen LogP contribution is -2.33. The molecule has 2 amide bonds. The molecule has 4 heterocycles. The Morgan fingerprint density at radius 1 is 0.818 bits per heavy atom. The van der Waals surface area contributed by atoms with Crippen LogP contribution in [0.25, 0.3) is 27.4 Å². The van der Waals surface area contributed by atoms with Crippen LogP contribution in [-0.2, 0) is 20.6 Å². The molecule has 2 aliphatic heterocycles. The van der Waals surface area contributed by atoms with Crippen molar-refractivity contribution in [3.8, 4) is 0 Å². The molecule has 0 unspecified atom stereocenters. The maximum Gasteiger partial charge on any atom is 0.411 e. The average molecular weight is 757 g/mol. The highest BCUT2D eigenvalue weighted by Gasteiger charge is 2.25. The highest BCUT2D eigenvalue weighted by molar-refractivity contribution is 5.97. The van der Waals surface area contributed by atoms with Crippen molar-refractivity contribution >= 4 is 50.9 Å². The van der Waals surface area contributed by atoms with E-state index in [4.69, 9.17) is 14.2 Å². The standard InChI is InChI=1S/C24H37N3O2.C20H27N3O3/c1-4-7-16-29-24(28)25-19-9-10-21-20(17-19)23(22(26-21)8-5-2)18-11-14-27(13-6-3)15-12-18;1-3-25-11-4-12-26-20(24)22-16-5-6-19-17(13-16)18(14-21-19)15-7-9-23(2)10-8-15/h9-10,17-18,26H,4-8,11-16H2,1-3H3,(H,25,28);5-7,13-14,21H,3-4,8-12H2,1-2H3,(H,22,24). The SMILES string of the molecule is CCCCOC(=O)Nc1ccc2[nH]c(CCC)c(C3CCN(CCC)CC3)c2c1.CCOCCCOC(=O)Nc1ccc2[nH]cc(C3=CCN(C)CC3)c2c1. The van der Waals surface area contributed by atoms with Crippen LogP contribution in [0.15, 0.2) is 48.7 Å². The summed E-state index contributed by atoms with van der Waals surface area (Å²) in [5, 5.41) is 8.09. The van der Waals surface area contributed by atoms with Crippen LogP contribution in [0.4, 0.5) is 21.0 Å². The van der Waals surface area contributed by atoms with Crippen LogP contribution in [0.3, 0.4) is 0 Å². The van der Waals surface area contributed by atoms with Crippen LogP contribution < -0.4 is 10.6 Å². The lowest BCUT2D eigenvalue weighted by molar-refractivity contribution is 0.113. The molecule has 1 saturated heterocycles. The summed E-state index contributed by atoms with van der Waals surface area (Å²) in [6, 6.07) is 12.0. The number of carbonyl (C=O) groups excluding carboxylic acids is 2. The summed E-state index contributed by atoms with van der Waals surface area (Å²) in [4.78, 5) is 35.9. The molecular weight excluding hydrogens is 693 g/mol. The van der Waals surface area contributed by atoms with Crippen LogP contribution in [0.2, 0.25) is 0 Å². The summed E-state index contributed by atoms with van der Waals surface area (Å²) in [5.74, 6) is 0.588. The number of benzene rings is 2. The highest BCUT2D eigenvalue weighted by atomic mass is 16.6. The zero-order chi connectivity index (χ0) is 39.0. The predicted octanol–water partition coefficient (Wildman–Crippen LogP) is 9.92. The van der Waals surface area contributed by atoms with Gasteiger partial charge in [0.1, 0.15) is 0 Å². The smallest absolute Gasteiger partial charge is 0.411 e. The first-order valence-corrected chi connectivity index (χ1v) is 20.6. The Bertz CT molecular complexity index is 1840. The number of ether oxygens (including phenoxy) is 3. The summed E-state index contributed by atoms with van der Waals surface area (Å²) >= 11 is 0. The number of unbranched alkanes of at least 4 members (excludes halogenated alkanes) is 1. The van der Waals surface area contributed by atoms with Crippen molar-refractivity contribution in [1.82, 2.24) is 19.8 Å². The maximum absolute atomic E-state index is 12.1. The molecule has 0 radical (unpaired) electrons. The second kappa shape index (κ2) is 21.7. The number of likely N-dealkylation sites (N-methyl/N-ethyl adjacent to an activating group) is 1. The Balaban J connectivity index is 0.000000212. The lowest BCUT2D eigenvalue weighted by atomic mass is 9.86. The van der Waals surface area contributed by atoms with Gasteiger partial charge in [-0.15, -0.1) is 0 Å². The van der Waals surface area contributed by atoms with Gasteiger partial charge in [0.05, 0.1) is 13.2 Å². The van der Waals surface area contributed by atoms with Crippen molar-refractivity contribution in [2.75, 3.05) is 76.8 Å². The second-order valence-corrected chi connectivity index (χ2v) is 14.8. The molecular formula is C44H64N6O5. The van der Waals surface area contributed by atoms with Crippen molar-refractivity contribution in [2.24, 2.45) is 0 Å². The van der Waals surface area contributed by atoms with Gasteiger partial charge in [-0.05, 0) is 126 Å². The van der Waals surface area contributed by atoms with Gasteiger partial charge in [0, 0.05) is 83.4 Å². The number of likely N-dealkylation sites (tertiary alicyclic amines) is 1. The highest BCUT2D eigenvalue weighted by Crippen LogP contribution is 2.38. The Labute approximate surface area is 327 Å². The molecule has 2 aromatic carbocycles. The molecule has 11 heteroatoms. The third-order valence-electron chi connectivity index (χ3n) is 10.5. The number of fused-ring (bicyclic) bond motifs is 2. The number of nitrogens with zero attached hydrogens (tertiary/aromatic N) is 2. The molecule has 0 spiro atoms. The first-order chi connectivity index (χ1) is 26.8. The summed E-state index contributed by atoms with van der Waals surface area (Å²) in [5.41, 5.74) is 9.19. The van der Waals surface area contributed by atoms with E-state index in [2.05, 4.69) is 82.6 Å². The summed E-state index contributed by atoms with van der Waals surface area (Å²) in [6.07, 6.45) is 13.0. The molecule has 0 bridgehead atoms. The van der Waals surface area contributed by atoms with Gasteiger partial charge in [0.2, 0.25) is 0 Å². The van der Waals surface area contributed by atoms with Crippen LogP contribution in [-0.4, -0.2) is 98.2 Å². The van der Waals surface area contributed by atoms with Gasteiger partial charge in [0.25, 0.3) is 0 Å². The van der Waals surface area contributed by atoms with Crippen molar-refractivity contribution in [3.63, 3.8) is 0 Å². The van der Waals surface area contributed by atoms with Gasteiger partial charge >= 0.3 is 12.2 Å². The van der Waals surface area contributed by atoms with E-state index in [-0.39, 0.29) is 6.09 Å². The van der Waals surface area contributed by atoms with Crippen molar-refractivity contribution in [3.05, 3.63) is 65.5 Å². The minimum absolute atomic E-state index is 0.351. The molecule has 0 aliphatic carbocycles. The molecule has 6 rings (SSSR count). The lowest BCUT2D eigenvalue weighted by Gasteiger charge is -2.32. The molecule has 4 N–H and O–H groups in total. The van der Waals surface area contributed by atoms with Gasteiger partial charge in [0.15, 0.2) is 0 Å². The van der Waals surface area contributed by atoms with E-state index < -0.39 is 6.09 Å². The predicted molar refractivity (Wildman–Crippen MR) is 225 cm³/mol. The molecule has 4 aromatic rings. The first-order valence-electron chi connectivity index (χ1n) is 20.6. The Morgan fingerprint density at radius 3 is 2.15 bits per heavy atom. The molecule has 0 atom stereocenters. The number of carbonyl (C=O) groups is 2. The van der Waals surface area contributed by atoms with Crippen LogP contribution in [0, 0.1) is 0 Å². The van der Waals surface area contributed by atoms with Gasteiger partial charge < -0.3 is 34.0 Å². The number of nitrogens with one attached hydrogen (secondary N) is 4. The van der Waals surface area contributed by atoms with Crippen molar-refractivity contribution < 1.29 is 23.8 Å². The summed E-state index contributed by atoms with van der Waals surface area (Å²) < 4.78 is 15.7. The van der Waals surface area contributed by atoms with Crippen LogP contribution >= 0.6 is 0 Å². The number of aromatic nitrogens is 2.